The van der Waals surface area contributed by atoms with Crippen molar-refractivity contribution in [3.05, 3.63) is 83.2 Å². The molecule has 0 amide bonds. The molecule has 0 atom stereocenters. The van der Waals surface area contributed by atoms with Gasteiger partial charge in [-0.05, 0) is 49.7 Å². The highest BCUT2D eigenvalue weighted by Crippen LogP contribution is 2.24. The molecule has 8 heteroatoms. The van der Waals surface area contributed by atoms with Crippen LogP contribution in [0.25, 0.3) is 11.4 Å². The Morgan fingerprint density at radius 1 is 1.13 bits per heavy atom. The van der Waals surface area contributed by atoms with Gasteiger partial charge in [-0.1, -0.05) is 23.9 Å². The molecule has 4 rings (SSSR count). The van der Waals surface area contributed by atoms with Crippen LogP contribution >= 0.6 is 11.8 Å². The Kier molecular flexibility index (Phi) is 5.99. The number of carbonyl (C=O) groups excluding carboxylic acids is 1. The number of thioether (sulfide) groups is 1. The van der Waals surface area contributed by atoms with Gasteiger partial charge in [0.05, 0.1) is 5.75 Å². The van der Waals surface area contributed by atoms with Crippen LogP contribution in [0.3, 0.4) is 0 Å². The normalized spacial score (nSPS) is 11.1. The molecule has 0 radical (unpaired) electrons. The number of Topliss-reactive ketones (excluding diaryl/α,β-unsaturated/α-hetero) is 1. The first kappa shape index (κ1) is 21.0. The first-order chi connectivity index (χ1) is 14.9. The van der Waals surface area contributed by atoms with E-state index in [0.717, 1.165) is 22.5 Å². The Morgan fingerprint density at radius 2 is 1.90 bits per heavy atom. The molecule has 0 unspecified atom stereocenters. The third-order valence-corrected chi connectivity index (χ3v) is 6.24. The summed E-state index contributed by atoms with van der Waals surface area (Å²) in [4.78, 5) is 17.1. The van der Waals surface area contributed by atoms with Crippen molar-refractivity contribution in [2.75, 3.05) is 5.75 Å². The van der Waals surface area contributed by atoms with E-state index in [-0.39, 0.29) is 17.4 Å². The molecule has 0 N–H and O–H groups in total. The lowest BCUT2D eigenvalue weighted by molar-refractivity contribution is 0.102. The van der Waals surface area contributed by atoms with Crippen LogP contribution in [-0.2, 0) is 13.6 Å². The number of aromatic nitrogens is 5. The van der Waals surface area contributed by atoms with Crippen LogP contribution in [0.4, 0.5) is 4.39 Å². The highest BCUT2D eigenvalue weighted by Gasteiger charge is 2.18. The van der Waals surface area contributed by atoms with Gasteiger partial charge in [-0.3, -0.25) is 9.78 Å². The Bertz CT molecular complexity index is 1220. The minimum Gasteiger partial charge on any atom is -0.344 e. The predicted molar refractivity (Wildman–Crippen MR) is 119 cm³/mol. The van der Waals surface area contributed by atoms with Crippen molar-refractivity contribution in [3.8, 4) is 11.4 Å². The predicted octanol–water partition coefficient (Wildman–Crippen LogP) is 4.46. The third-order valence-electron chi connectivity index (χ3n) is 5.21. The first-order valence-electron chi connectivity index (χ1n) is 9.81. The SMILES string of the molecule is Cc1cc(C(=O)CSc2nnc(-c3cccnc3)n2C)c(C)n1Cc1ccc(F)cc1. The van der Waals surface area contributed by atoms with Gasteiger partial charge in [-0.25, -0.2) is 4.39 Å². The fourth-order valence-electron chi connectivity index (χ4n) is 3.49. The average molecular weight is 436 g/mol. The number of benzene rings is 1. The summed E-state index contributed by atoms with van der Waals surface area (Å²) in [7, 11) is 1.88. The molecule has 1 aromatic carbocycles. The second kappa shape index (κ2) is 8.85. The van der Waals surface area contributed by atoms with Crippen molar-refractivity contribution < 1.29 is 9.18 Å². The van der Waals surface area contributed by atoms with E-state index in [9.17, 15) is 9.18 Å². The molecule has 0 aliphatic rings. The number of carbonyl (C=O) groups is 1. The Hall–Kier alpha value is -3.26. The molecular weight excluding hydrogens is 413 g/mol. The van der Waals surface area contributed by atoms with Crippen molar-refractivity contribution in [2.45, 2.75) is 25.5 Å². The van der Waals surface area contributed by atoms with E-state index in [4.69, 9.17) is 0 Å². The van der Waals surface area contributed by atoms with E-state index in [1.807, 2.05) is 43.7 Å². The number of ketones is 1. The summed E-state index contributed by atoms with van der Waals surface area (Å²) in [6.07, 6.45) is 3.44. The van der Waals surface area contributed by atoms with E-state index in [0.29, 0.717) is 23.1 Å². The summed E-state index contributed by atoms with van der Waals surface area (Å²) in [5.74, 6) is 0.753. The number of nitrogens with zero attached hydrogens (tertiary/aromatic N) is 5. The van der Waals surface area contributed by atoms with Crippen molar-refractivity contribution >= 4 is 17.5 Å². The minimum atomic E-state index is -0.256. The van der Waals surface area contributed by atoms with Gasteiger partial charge in [0.1, 0.15) is 5.82 Å². The summed E-state index contributed by atoms with van der Waals surface area (Å²) in [5, 5.41) is 9.13. The Morgan fingerprint density at radius 3 is 2.61 bits per heavy atom. The van der Waals surface area contributed by atoms with E-state index >= 15 is 0 Å². The van der Waals surface area contributed by atoms with Gasteiger partial charge in [-0.15, -0.1) is 10.2 Å². The lowest BCUT2D eigenvalue weighted by Crippen LogP contribution is -2.08. The van der Waals surface area contributed by atoms with Crippen LogP contribution in [0.15, 0.2) is 60.0 Å². The topological polar surface area (TPSA) is 65.6 Å². The molecule has 3 heterocycles. The van der Waals surface area contributed by atoms with E-state index in [1.54, 1.807) is 24.5 Å². The number of hydrogen-bond acceptors (Lipinski definition) is 5. The molecule has 0 aliphatic heterocycles. The monoisotopic (exact) mass is 435 g/mol. The molecule has 3 aromatic heterocycles. The van der Waals surface area contributed by atoms with Gasteiger partial charge in [0.25, 0.3) is 0 Å². The average Bonchev–Trinajstić information content (AvgIpc) is 3.28. The zero-order valence-corrected chi connectivity index (χ0v) is 18.4. The van der Waals surface area contributed by atoms with Crippen LogP contribution in [0.1, 0.15) is 27.3 Å². The fraction of sp³-hybridized carbons (Fsp3) is 0.217. The Balaban J connectivity index is 1.47. The molecule has 0 saturated carbocycles. The highest BCUT2D eigenvalue weighted by molar-refractivity contribution is 7.99. The molecule has 6 nitrogen and oxygen atoms in total. The van der Waals surface area contributed by atoms with E-state index < -0.39 is 0 Å². The first-order valence-corrected chi connectivity index (χ1v) is 10.8. The Labute approximate surface area is 184 Å². The quantitative estimate of drug-likeness (QED) is 0.317. The zero-order valence-electron chi connectivity index (χ0n) is 17.5. The van der Waals surface area contributed by atoms with Gasteiger partial charge >= 0.3 is 0 Å². The van der Waals surface area contributed by atoms with Crippen molar-refractivity contribution in [2.24, 2.45) is 7.05 Å². The molecule has 0 bridgehead atoms. The van der Waals surface area contributed by atoms with Gasteiger partial charge in [-0.2, -0.15) is 0 Å². The van der Waals surface area contributed by atoms with Crippen LogP contribution in [0.5, 0.6) is 0 Å². The molecule has 0 spiro atoms. The van der Waals surface area contributed by atoms with Crippen LogP contribution in [-0.4, -0.2) is 35.9 Å². The highest BCUT2D eigenvalue weighted by atomic mass is 32.2. The number of halogens is 1. The number of pyridine rings is 1. The molecule has 0 fully saturated rings. The molecule has 0 aliphatic carbocycles. The van der Waals surface area contributed by atoms with Gasteiger partial charge in [0.15, 0.2) is 16.8 Å². The summed E-state index contributed by atoms with van der Waals surface area (Å²) < 4.78 is 17.1. The maximum atomic E-state index is 13.2. The largest absolute Gasteiger partial charge is 0.344 e. The summed E-state index contributed by atoms with van der Waals surface area (Å²) in [6.45, 7) is 4.51. The number of rotatable bonds is 7. The third kappa shape index (κ3) is 4.44. The van der Waals surface area contributed by atoms with Crippen LogP contribution in [0.2, 0.25) is 0 Å². The standard InChI is InChI=1S/C23H22FN5OS/c1-15-11-20(16(2)29(15)13-17-6-8-19(24)9-7-17)21(30)14-31-23-27-26-22(28(23)3)18-5-4-10-25-12-18/h4-12H,13-14H2,1-3H3. The van der Waals surface area contributed by atoms with Gasteiger partial charge in [0.2, 0.25) is 0 Å². The second-order valence-corrected chi connectivity index (χ2v) is 8.26. The lowest BCUT2D eigenvalue weighted by Gasteiger charge is -2.10. The molecule has 4 aromatic rings. The van der Waals surface area contributed by atoms with E-state index in [1.165, 1.54) is 23.9 Å². The number of hydrogen-bond donors (Lipinski definition) is 0. The smallest absolute Gasteiger partial charge is 0.191 e. The van der Waals surface area contributed by atoms with Gasteiger partial charge in [0, 0.05) is 48.5 Å². The molecule has 31 heavy (non-hydrogen) atoms. The van der Waals surface area contributed by atoms with Crippen molar-refractivity contribution in [3.63, 3.8) is 0 Å². The molecule has 0 saturated heterocycles. The summed E-state index contributed by atoms with van der Waals surface area (Å²) in [5.41, 5.74) is 4.45. The molecular formula is C23H22FN5OS. The lowest BCUT2D eigenvalue weighted by atomic mass is 10.2. The van der Waals surface area contributed by atoms with Crippen molar-refractivity contribution in [1.29, 1.82) is 0 Å². The van der Waals surface area contributed by atoms with Gasteiger partial charge < -0.3 is 9.13 Å². The van der Waals surface area contributed by atoms with Crippen LogP contribution < -0.4 is 0 Å². The summed E-state index contributed by atoms with van der Waals surface area (Å²) in [6, 6.07) is 12.1. The zero-order chi connectivity index (χ0) is 22.0. The maximum Gasteiger partial charge on any atom is 0.191 e. The van der Waals surface area contributed by atoms with Crippen molar-refractivity contribution in [1.82, 2.24) is 24.3 Å². The van der Waals surface area contributed by atoms with Crippen LogP contribution in [0, 0.1) is 19.7 Å². The fourth-order valence-corrected chi connectivity index (χ4v) is 4.29. The van der Waals surface area contributed by atoms with E-state index in [2.05, 4.69) is 19.7 Å². The summed E-state index contributed by atoms with van der Waals surface area (Å²) >= 11 is 1.36. The maximum absolute atomic E-state index is 13.2. The number of aryl methyl sites for hydroxylation is 1. The molecule has 158 valence electrons. The second-order valence-electron chi connectivity index (χ2n) is 7.32. The minimum absolute atomic E-state index is 0.0365.